The largest absolute Gasteiger partial charge is 0.366 e. The number of imidazole rings is 1. The van der Waals surface area contributed by atoms with Crippen molar-refractivity contribution in [3.8, 4) is 0 Å². The number of carbonyl (C=O) groups excluding carboxylic acids is 2. The summed E-state index contributed by atoms with van der Waals surface area (Å²) < 4.78 is 0. The number of aromatic amines is 1. The normalized spacial score (nSPS) is 10.4. The fourth-order valence-corrected chi connectivity index (χ4v) is 2.15. The maximum absolute atomic E-state index is 11.7. The Morgan fingerprint density at radius 3 is 2.82 bits per heavy atom. The maximum Gasteiger partial charge on any atom is 0.248 e. The monoisotopic (exact) mass is 299 g/mol. The zero-order valence-corrected chi connectivity index (χ0v) is 12.2. The zero-order valence-electron chi connectivity index (χ0n) is 12.2. The molecule has 1 heterocycles. The van der Waals surface area contributed by atoms with Crippen molar-refractivity contribution in [3.05, 3.63) is 60.0 Å². The van der Waals surface area contributed by atoms with Crippen LogP contribution in [0.15, 0.2) is 36.8 Å². The number of benzene rings is 1. The van der Waals surface area contributed by atoms with E-state index < -0.39 is 5.91 Å². The summed E-state index contributed by atoms with van der Waals surface area (Å²) in [6, 6.07) is 7.17. The van der Waals surface area contributed by atoms with Crippen LogP contribution in [-0.4, -0.2) is 28.3 Å². The van der Waals surface area contributed by atoms with Gasteiger partial charge in [0.15, 0.2) is 0 Å². The van der Waals surface area contributed by atoms with Crippen LogP contribution in [0, 0.1) is 6.42 Å². The molecule has 0 fully saturated rings. The molecule has 0 saturated heterocycles. The van der Waals surface area contributed by atoms with Gasteiger partial charge in [-0.2, -0.15) is 0 Å². The lowest BCUT2D eigenvalue weighted by Gasteiger charge is -2.07. The van der Waals surface area contributed by atoms with Gasteiger partial charge < -0.3 is 16.0 Å². The van der Waals surface area contributed by atoms with Crippen LogP contribution >= 0.6 is 0 Å². The molecule has 0 bridgehead atoms. The summed E-state index contributed by atoms with van der Waals surface area (Å²) in [6.45, 7) is 0.540. The Kier molecular flexibility index (Phi) is 5.71. The standard InChI is InChI=1S/C16H19N4O2/c17-16(22)14-6-2-1-4-12(14)5-3-7-15(21)19-9-8-13-10-18-11-20-13/h1-2,4,6-7,10-11H,3,5,8-9H2,(H2,17,22)(H,18,20)(H,19,21). The number of amides is 2. The second-order valence-corrected chi connectivity index (χ2v) is 4.87. The zero-order chi connectivity index (χ0) is 15.8. The molecule has 0 unspecified atom stereocenters. The van der Waals surface area contributed by atoms with Gasteiger partial charge in [0.05, 0.1) is 12.0 Å². The number of primary amides is 1. The second kappa shape index (κ2) is 7.97. The van der Waals surface area contributed by atoms with E-state index in [9.17, 15) is 9.59 Å². The molecule has 1 aromatic carbocycles. The number of nitrogens with two attached hydrogens (primary N) is 1. The summed E-state index contributed by atoms with van der Waals surface area (Å²) in [5, 5.41) is 2.80. The molecule has 0 spiro atoms. The molecule has 22 heavy (non-hydrogen) atoms. The number of carbonyl (C=O) groups is 2. The Balaban J connectivity index is 1.70. The van der Waals surface area contributed by atoms with E-state index in [1.807, 2.05) is 12.1 Å². The van der Waals surface area contributed by atoms with Crippen molar-refractivity contribution in [1.29, 1.82) is 0 Å². The molecule has 6 heteroatoms. The van der Waals surface area contributed by atoms with Crippen LogP contribution in [0.3, 0.4) is 0 Å². The van der Waals surface area contributed by atoms with Crippen LogP contribution in [0.25, 0.3) is 0 Å². The average Bonchev–Trinajstić information content (AvgIpc) is 3.01. The van der Waals surface area contributed by atoms with Crippen molar-refractivity contribution in [1.82, 2.24) is 15.3 Å². The molecular formula is C16H19N4O2. The Morgan fingerprint density at radius 2 is 2.09 bits per heavy atom. The van der Waals surface area contributed by atoms with Crippen molar-refractivity contribution in [2.24, 2.45) is 5.73 Å². The number of nitrogens with zero attached hydrogens (tertiary/aromatic N) is 1. The van der Waals surface area contributed by atoms with Gasteiger partial charge in [0.25, 0.3) is 0 Å². The van der Waals surface area contributed by atoms with E-state index in [-0.39, 0.29) is 5.91 Å². The quantitative estimate of drug-likeness (QED) is 0.678. The summed E-state index contributed by atoms with van der Waals surface area (Å²) in [7, 11) is 0. The molecule has 4 N–H and O–H groups in total. The summed E-state index contributed by atoms with van der Waals surface area (Å²) in [6.07, 6.45) is 6.84. The first-order valence-corrected chi connectivity index (χ1v) is 7.13. The van der Waals surface area contributed by atoms with Gasteiger partial charge in [0.2, 0.25) is 11.8 Å². The molecule has 2 rings (SSSR count). The molecule has 6 nitrogen and oxygen atoms in total. The fraction of sp³-hybridized carbons (Fsp3) is 0.250. The second-order valence-electron chi connectivity index (χ2n) is 4.87. The lowest BCUT2D eigenvalue weighted by Crippen LogP contribution is -2.26. The number of aryl methyl sites for hydroxylation is 1. The predicted molar refractivity (Wildman–Crippen MR) is 82.9 cm³/mol. The van der Waals surface area contributed by atoms with Crippen LogP contribution < -0.4 is 11.1 Å². The Morgan fingerprint density at radius 1 is 1.27 bits per heavy atom. The van der Waals surface area contributed by atoms with Crippen molar-refractivity contribution in [3.63, 3.8) is 0 Å². The molecule has 0 aliphatic rings. The van der Waals surface area contributed by atoms with Gasteiger partial charge in [-0.05, 0) is 24.5 Å². The fourth-order valence-electron chi connectivity index (χ4n) is 2.15. The van der Waals surface area contributed by atoms with Crippen LogP contribution in [0.2, 0.25) is 0 Å². The summed E-state index contributed by atoms with van der Waals surface area (Å²) in [5.74, 6) is -0.564. The minimum atomic E-state index is -0.445. The smallest absolute Gasteiger partial charge is 0.248 e. The van der Waals surface area contributed by atoms with E-state index in [0.29, 0.717) is 31.4 Å². The molecule has 2 aromatic rings. The third kappa shape index (κ3) is 4.73. The molecule has 1 aromatic heterocycles. The number of nitrogens with one attached hydrogen (secondary N) is 2. The maximum atomic E-state index is 11.7. The number of rotatable bonds is 8. The van der Waals surface area contributed by atoms with Crippen LogP contribution in [-0.2, 0) is 17.6 Å². The van der Waals surface area contributed by atoms with Gasteiger partial charge in [-0.3, -0.25) is 9.59 Å². The van der Waals surface area contributed by atoms with E-state index in [1.54, 1.807) is 31.1 Å². The lowest BCUT2D eigenvalue weighted by molar-refractivity contribution is -0.117. The minimum absolute atomic E-state index is 0.118. The Hall–Kier alpha value is -2.63. The van der Waals surface area contributed by atoms with Crippen molar-refractivity contribution >= 4 is 11.8 Å². The Labute approximate surface area is 129 Å². The van der Waals surface area contributed by atoms with Crippen LogP contribution in [0.1, 0.15) is 28.0 Å². The van der Waals surface area contributed by atoms with Crippen LogP contribution in [0.5, 0.6) is 0 Å². The van der Waals surface area contributed by atoms with E-state index in [2.05, 4.69) is 15.3 Å². The summed E-state index contributed by atoms with van der Waals surface area (Å²) >= 11 is 0. The lowest BCUT2D eigenvalue weighted by atomic mass is 10.0. The first kappa shape index (κ1) is 15.8. The molecule has 0 aliphatic heterocycles. The molecule has 2 amide bonds. The van der Waals surface area contributed by atoms with E-state index in [0.717, 1.165) is 11.3 Å². The van der Waals surface area contributed by atoms with Crippen molar-refractivity contribution < 1.29 is 9.59 Å². The first-order chi connectivity index (χ1) is 10.7. The van der Waals surface area contributed by atoms with Crippen molar-refractivity contribution in [2.45, 2.75) is 19.3 Å². The highest BCUT2D eigenvalue weighted by Crippen LogP contribution is 2.11. The van der Waals surface area contributed by atoms with Crippen LogP contribution in [0.4, 0.5) is 0 Å². The van der Waals surface area contributed by atoms with Gasteiger partial charge in [-0.25, -0.2) is 4.98 Å². The van der Waals surface area contributed by atoms with Gasteiger partial charge in [0.1, 0.15) is 0 Å². The summed E-state index contributed by atoms with van der Waals surface area (Å²) in [5.41, 5.74) is 7.60. The number of aromatic nitrogens is 2. The molecule has 1 radical (unpaired) electrons. The van der Waals surface area contributed by atoms with E-state index in [1.165, 1.54) is 0 Å². The SMILES string of the molecule is NC(=O)c1ccccc1CC[CH]C(=O)NCCc1c[nH]cn1. The molecule has 0 atom stereocenters. The van der Waals surface area contributed by atoms with Gasteiger partial charge in [0, 0.05) is 31.1 Å². The Bertz CT molecular complexity index is 623. The summed E-state index contributed by atoms with van der Waals surface area (Å²) in [4.78, 5) is 29.9. The molecule has 115 valence electrons. The highest BCUT2D eigenvalue weighted by atomic mass is 16.1. The highest BCUT2D eigenvalue weighted by molar-refractivity contribution is 5.94. The average molecular weight is 299 g/mol. The predicted octanol–water partition coefficient (Wildman–Crippen LogP) is 1.00. The highest BCUT2D eigenvalue weighted by Gasteiger charge is 2.08. The molecule has 0 aliphatic carbocycles. The van der Waals surface area contributed by atoms with Gasteiger partial charge >= 0.3 is 0 Å². The molecular weight excluding hydrogens is 280 g/mol. The van der Waals surface area contributed by atoms with Gasteiger partial charge in [-0.1, -0.05) is 18.2 Å². The number of hydrogen-bond donors (Lipinski definition) is 3. The third-order valence-corrected chi connectivity index (χ3v) is 3.26. The van der Waals surface area contributed by atoms with E-state index in [4.69, 9.17) is 5.73 Å². The topological polar surface area (TPSA) is 101 Å². The van der Waals surface area contributed by atoms with Gasteiger partial charge in [-0.15, -0.1) is 0 Å². The van der Waals surface area contributed by atoms with E-state index >= 15 is 0 Å². The third-order valence-electron chi connectivity index (χ3n) is 3.26. The van der Waals surface area contributed by atoms with Crippen molar-refractivity contribution in [2.75, 3.05) is 6.54 Å². The minimum Gasteiger partial charge on any atom is -0.366 e. The molecule has 0 saturated carbocycles. The first-order valence-electron chi connectivity index (χ1n) is 7.13. The number of hydrogen-bond acceptors (Lipinski definition) is 3. The number of H-pyrrole nitrogens is 1.